The summed E-state index contributed by atoms with van der Waals surface area (Å²) in [5, 5.41) is 0. The summed E-state index contributed by atoms with van der Waals surface area (Å²) in [5.74, 6) is 0. The molecular formula is C3H10ClNO. The van der Waals surface area contributed by atoms with E-state index in [1.54, 1.807) is 0 Å². The van der Waals surface area contributed by atoms with Crippen molar-refractivity contribution in [3.8, 4) is 0 Å². The second kappa shape index (κ2) is 8.96. The van der Waals surface area contributed by atoms with E-state index >= 15 is 0 Å². The van der Waals surface area contributed by atoms with Crippen LogP contribution < -0.4 is 5.73 Å². The van der Waals surface area contributed by atoms with Gasteiger partial charge in [-0.05, 0) is 0 Å². The summed E-state index contributed by atoms with van der Waals surface area (Å²) in [4.78, 5) is 0. The zero-order valence-corrected chi connectivity index (χ0v) is 4.12. The molecule has 0 spiro atoms. The minimum atomic E-state index is -2.28. The van der Waals surface area contributed by atoms with Gasteiger partial charge in [0.2, 0.25) is 0 Å². The molecule has 6 heavy (non-hydrogen) atoms. The smallest absolute Gasteiger partial charge is 0.0584 e. The van der Waals surface area contributed by atoms with Crippen molar-refractivity contribution in [3.05, 3.63) is 0 Å². The number of halogens is 1. The Hall–Kier alpha value is 0.210. The zero-order valence-electron chi connectivity index (χ0n) is 6.31. The lowest BCUT2D eigenvalue weighted by atomic mass is 10.7. The molecule has 0 fully saturated rings. The normalized spacial score (nSPS) is 16.5. The Labute approximate surface area is 48.3 Å². The van der Waals surface area contributed by atoms with E-state index < -0.39 is 7.04 Å². The summed E-state index contributed by atoms with van der Waals surface area (Å²) in [6, 6.07) is 0. The predicted molar refractivity (Wildman–Crippen MR) is 28.2 cm³/mol. The Morgan fingerprint density at radius 1 is 2.00 bits per heavy atom. The van der Waals surface area contributed by atoms with Gasteiger partial charge in [0.1, 0.15) is 0 Å². The molecular weight excluding hydrogens is 101 g/mol. The van der Waals surface area contributed by atoms with Crippen molar-refractivity contribution in [1.29, 1.82) is 0 Å². The maximum absolute atomic E-state index is 6.49. The fraction of sp³-hybridized carbons (Fsp3) is 1.00. The number of hydrogen-bond acceptors (Lipinski definition) is 2. The van der Waals surface area contributed by atoms with E-state index in [2.05, 4.69) is 4.74 Å². The van der Waals surface area contributed by atoms with Gasteiger partial charge in [-0.2, -0.15) is 0 Å². The van der Waals surface area contributed by atoms with Crippen molar-refractivity contribution in [2.45, 2.75) is 0 Å². The standard InChI is InChI=1S/C3H9NO.ClH/c1-5-3-2-4;/h2-4H2,1H3;1H/i1D3;. The van der Waals surface area contributed by atoms with Gasteiger partial charge in [0.05, 0.1) is 10.7 Å². The van der Waals surface area contributed by atoms with Crippen molar-refractivity contribution in [1.82, 2.24) is 0 Å². The van der Waals surface area contributed by atoms with Gasteiger partial charge >= 0.3 is 0 Å². The van der Waals surface area contributed by atoms with Crippen LogP contribution in [0.25, 0.3) is 0 Å². The average molecular weight is 115 g/mol. The van der Waals surface area contributed by atoms with Crippen molar-refractivity contribution >= 4 is 12.4 Å². The highest BCUT2D eigenvalue weighted by atomic mass is 35.5. The monoisotopic (exact) mass is 114 g/mol. The molecule has 3 heteroatoms. The second-order valence-corrected chi connectivity index (χ2v) is 0.637. The number of nitrogens with two attached hydrogens (primary N) is 1. The van der Waals surface area contributed by atoms with Gasteiger partial charge in [0.15, 0.2) is 0 Å². The average Bonchev–Trinajstić information content (AvgIpc) is 1.59. The number of hydrogen-bond donors (Lipinski definition) is 1. The molecule has 0 amide bonds. The van der Waals surface area contributed by atoms with Gasteiger partial charge in [-0.25, -0.2) is 0 Å². The second-order valence-electron chi connectivity index (χ2n) is 0.637. The summed E-state index contributed by atoms with van der Waals surface area (Å²) in [7, 11) is -2.28. The highest BCUT2D eigenvalue weighted by molar-refractivity contribution is 5.85. The van der Waals surface area contributed by atoms with Crippen LogP contribution in [0.2, 0.25) is 0 Å². The van der Waals surface area contributed by atoms with Crippen molar-refractivity contribution in [3.63, 3.8) is 0 Å². The van der Waals surface area contributed by atoms with E-state index in [4.69, 9.17) is 9.85 Å². The SMILES string of the molecule is Cl.[2H]C([2H])([2H])OCCN. The van der Waals surface area contributed by atoms with Crippen LogP contribution >= 0.6 is 12.4 Å². The van der Waals surface area contributed by atoms with Crippen LogP contribution in [0.3, 0.4) is 0 Å². The van der Waals surface area contributed by atoms with E-state index in [0.29, 0.717) is 0 Å². The van der Waals surface area contributed by atoms with Gasteiger partial charge in [-0.3, -0.25) is 0 Å². The first-order valence-corrected chi connectivity index (χ1v) is 1.40. The lowest BCUT2D eigenvalue weighted by molar-refractivity contribution is 0.207. The van der Waals surface area contributed by atoms with Gasteiger partial charge in [0, 0.05) is 13.6 Å². The van der Waals surface area contributed by atoms with Gasteiger partial charge < -0.3 is 10.5 Å². The Morgan fingerprint density at radius 2 is 2.67 bits per heavy atom. The van der Waals surface area contributed by atoms with Crippen LogP contribution in [0.5, 0.6) is 0 Å². The zero-order chi connectivity index (χ0) is 6.62. The van der Waals surface area contributed by atoms with Crippen LogP contribution in [-0.4, -0.2) is 20.2 Å². The molecule has 0 saturated heterocycles. The Balaban J connectivity index is 0. The van der Waals surface area contributed by atoms with Gasteiger partial charge in [-0.1, -0.05) is 0 Å². The summed E-state index contributed by atoms with van der Waals surface area (Å²) in [6.07, 6.45) is 0. The highest BCUT2D eigenvalue weighted by Gasteiger charge is 1.65. The van der Waals surface area contributed by atoms with Crippen LogP contribution in [-0.2, 0) is 4.74 Å². The van der Waals surface area contributed by atoms with E-state index in [1.807, 2.05) is 0 Å². The third kappa shape index (κ3) is 8.88. The number of rotatable bonds is 2. The minimum absolute atomic E-state index is 0. The molecule has 0 unspecified atom stereocenters. The largest absolute Gasteiger partial charge is 0.383 e. The van der Waals surface area contributed by atoms with E-state index in [1.165, 1.54) is 0 Å². The number of methoxy groups -OCH3 is 1. The lowest BCUT2D eigenvalue weighted by Gasteiger charge is -1.85. The fourth-order valence-electron chi connectivity index (χ4n) is 0.0589. The van der Waals surface area contributed by atoms with Gasteiger partial charge in [-0.15, -0.1) is 12.4 Å². The van der Waals surface area contributed by atoms with Gasteiger partial charge in [0.25, 0.3) is 0 Å². The van der Waals surface area contributed by atoms with Crippen LogP contribution in [0.1, 0.15) is 4.11 Å². The first kappa shape index (κ1) is 3.24. The van der Waals surface area contributed by atoms with E-state index in [0.717, 1.165) is 0 Å². The Bertz CT molecular complexity index is 66.6. The third-order valence-corrected chi connectivity index (χ3v) is 0.220. The molecule has 0 aliphatic rings. The molecule has 40 valence electrons. The first-order valence-electron chi connectivity index (χ1n) is 2.90. The molecule has 2 nitrogen and oxygen atoms in total. The molecule has 0 radical (unpaired) electrons. The third-order valence-electron chi connectivity index (χ3n) is 0.220. The van der Waals surface area contributed by atoms with Crippen LogP contribution in [0.4, 0.5) is 0 Å². The fourth-order valence-corrected chi connectivity index (χ4v) is 0.0589. The lowest BCUT2D eigenvalue weighted by Crippen LogP contribution is -2.05. The van der Waals surface area contributed by atoms with Crippen molar-refractivity contribution in [2.24, 2.45) is 5.73 Å². The Morgan fingerprint density at radius 3 is 2.83 bits per heavy atom. The molecule has 2 N–H and O–H groups in total. The maximum atomic E-state index is 6.49. The minimum Gasteiger partial charge on any atom is -0.383 e. The molecule has 0 bridgehead atoms. The number of ether oxygens (including phenoxy) is 1. The molecule has 0 aromatic rings. The quantitative estimate of drug-likeness (QED) is 0.549. The Kier molecular flexibility index (Phi) is 4.84. The van der Waals surface area contributed by atoms with Crippen molar-refractivity contribution < 1.29 is 8.85 Å². The maximum Gasteiger partial charge on any atom is 0.0584 e. The first-order chi connectivity index (χ1) is 3.56. The molecule has 0 aliphatic carbocycles. The molecule has 0 saturated carbocycles. The molecule has 0 aromatic carbocycles. The summed E-state index contributed by atoms with van der Waals surface area (Å²) in [6.45, 7) is 0.342. The van der Waals surface area contributed by atoms with Crippen LogP contribution in [0.15, 0.2) is 0 Å². The topological polar surface area (TPSA) is 35.2 Å². The summed E-state index contributed by atoms with van der Waals surface area (Å²) >= 11 is 0. The highest BCUT2D eigenvalue weighted by Crippen LogP contribution is 1.53. The summed E-state index contributed by atoms with van der Waals surface area (Å²) < 4.78 is 23.7. The van der Waals surface area contributed by atoms with Crippen LogP contribution in [0, 0.1) is 0 Å². The molecule has 0 atom stereocenters. The van der Waals surface area contributed by atoms with Crippen molar-refractivity contribution in [2.75, 3.05) is 20.2 Å². The molecule has 0 heterocycles. The van der Waals surface area contributed by atoms with E-state index in [-0.39, 0.29) is 25.6 Å². The summed E-state index contributed by atoms with van der Waals surface area (Å²) in [5.41, 5.74) is 4.96. The molecule has 0 aromatic heterocycles. The van der Waals surface area contributed by atoms with E-state index in [9.17, 15) is 0 Å². The predicted octanol–water partition coefficient (Wildman–Crippen LogP) is 0.0133. The molecule has 0 aliphatic heterocycles. The molecule has 0 rings (SSSR count).